The molecule has 0 unspecified atom stereocenters. The molecule has 4 aromatic rings. The van der Waals surface area contributed by atoms with Gasteiger partial charge >= 0.3 is 6.18 Å². The van der Waals surface area contributed by atoms with Crippen LogP contribution in [0, 0.1) is 0 Å². The van der Waals surface area contributed by atoms with Gasteiger partial charge in [0.25, 0.3) is 0 Å². The molecule has 3 N–H and O–H groups in total. The fraction of sp³-hybridized carbons (Fsp3) is 0.150. The monoisotopic (exact) mass is 475 g/mol. The van der Waals surface area contributed by atoms with Crippen molar-refractivity contribution in [3.05, 3.63) is 60.4 Å². The second-order valence-electron chi connectivity index (χ2n) is 7.32. The number of halogens is 3. The molecule has 170 valence electrons. The van der Waals surface area contributed by atoms with Gasteiger partial charge in [-0.3, -0.25) is 5.10 Å². The van der Waals surface area contributed by atoms with Gasteiger partial charge in [0.15, 0.2) is 0 Å². The Labute approximate surface area is 185 Å². The molecule has 13 heteroatoms. The lowest BCUT2D eigenvalue weighted by molar-refractivity contribution is -0.118. The first-order chi connectivity index (χ1) is 15.7. The van der Waals surface area contributed by atoms with E-state index < -0.39 is 22.7 Å². The maximum absolute atomic E-state index is 13.5. The number of anilines is 4. The zero-order valence-electron chi connectivity index (χ0n) is 16.8. The molecule has 0 bridgehead atoms. The minimum Gasteiger partial charge on any atom is -0.324 e. The summed E-state index contributed by atoms with van der Waals surface area (Å²) in [4.78, 5) is 9.50. The van der Waals surface area contributed by atoms with Crippen molar-refractivity contribution in [3.63, 3.8) is 0 Å². The number of aromatic nitrogens is 4. The maximum atomic E-state index is 13.5. The molecule has 3 heterocycles. The Kier molecular flexibility index (Phi) is 4.94. The molecule has 0 aliphatic carbocycles. The van der Waals surface area contributed by atoms with Gasteiger partial charge in [-0.25, -0.2) is 18.1 Å². The van der Waals surface area contributed by atoms with Gasteiger partial charge in [0, 0.05) is 23.8 Å². The molecule has 33 heavy (non-hydrogen) atoms. The minimum absolute atomic E-state index is 0.00831. The summed E-state index contributed by atoms with van der Waals surface area (Å²) < 4.78 is 67.0. The predicted octanol–water partition coefficient (Wildman–Crippen LogP) is 3.59. The van der Waals surface area contributed by atoms with Gasteiger partial charge in [-0.05, 0) is 35.9 Å². The number of nitrogens with zero attached hydrogens (tertiary/aromatic N) is 4. The van der Waals surface area contributed by atoms with Crippen LogP contribution in [0.4, 0.5) is 36.3 Å². The highest BCUT2D eigenvalue weighted by Gasteiger charge is 2.33. The lowest BCUT2D eigenvalue weighted by Crippen LogP contribution is -2.31. The van der Waals surface area contributed by atoms with Crippen LogP contribution in [-0.4, -0.2) is 41.3 Å². The number of rotatable bonds is 5. The van der Waals surface area contributed by atoms with E-state index in [1.54, 1.807) is 30.3 Å². The predicted molar refractivity (Wildman–Crippen MR) is 115 cm³/mol. The minimum atomic E-state index is -4.51. The SMILES string of the molecule is O=S1(=O)NCc2ccc(Nc3nccc(N(CC(F)(F)F)c4cccc5[nH]ncc45)n3)cc21. The number of sulfonamides is 1. The molecule has 0 spiro atoms. The summed E-state index contributed by atoms with van der Waals surface area (Å²) in [6.07, 6.45) is -1.73. The molecule has 0 saturated heterocycles. The molecule has 5 rings (SSSR count). The summed E-state index contributed by atoms with van der Waals surface area (Å²) in [5, 5.41) is 10.0. The topological polar surface area (TPSA) is 116 Å². The van der Waals surface area contributed by atoms with Crippen LogP contribution in [0.3, 0.4) is 0 Å². The highest BCUT2D eigenvalue weighted by Crippen LogP contribution is 2.34. The summed E-state index contributed by atoms with van der Waals surface area (Å²) in [5.41, 5.74) is 1.87. The quantitative estimate of drug-likeness (QED) is 0.404. The number of hydrogen-bond donors (Lipinski definition) is 3. The summed E-state index contributed by atoms with van der Waals surface area (Å²) in [7, 11) is -3.59. The van der Waals surface area contributed by atoms with Crippen LogP contribution in [0.2, 0.25) is 0 Å². The van der Waals surface area contributed by atoms with E-state index in [-0.39, 0.29) is 28.9 Å². The lowest BCUT2D eigenvalue weighted by Gasteiger charge is -2.26. The van der Waals surface area contributed by atoms with Crippen LogP contribution >= 0.6 is 0 Å². The molecule has 1 aliphatic heterocycles. The molecular formula is C20H16F3N7O2S. The van der Waals surface area contributed by atoms with Gasteiger partial charge in [-0.2, -0.15) is 23.3 Å². The number of nitrogens with one attached hydrogen (secondary N) is 3. The van der Waals surface area contributed by atoms with Crippen LogP contribution in [0.15, 0.2) is 59.8 Å². The van der Waals surface area contributed by atoms with Crippen LogP contribution < -0.4 is 14.9 Å². The van der Waals surface area contributed by atoms with E-state index in [4.69, 9.17) is 0 Å². The van der Waals surface area contributed by atoms with E-state index in [9.17, 15) is 21.6 Å². The van der Waals surface area contributed by atoms with Crippen molar-refractivity contribution >= 4 is 44.1 Å². The standard InChI is InChI=1S/C20H16F3N7O2S/c21-20(22,23)11-30(16-3-1-2-15-14(16)10-25-29-15)18-6-7-24-19(28-18)27-13-5-4-12-9-26-33(31,32)17(12)8-13/h1-8,10,26H,9,11H2,(H,25,29)(H,24,27,28). The van der Waals surface area contributed by atoms with Gasteiger partial charge in [-0.1, -0.05) is 12.1 Å². The third kappa shape index (κ3) is 4.19. The number of fused-ring (bicyclic) bond motifs is 2. The largest absolute Gasteiger partial charge is 0.406 e. The van der Waals surface area contributed by atoms with E-state index >= 15 is 0 Å². The smallest absolute Gasteiger partial charge is 0.324 e. The Morgan fingerprint density at radius 3 is 2.82 bits per heavy atom. The molecule has 9 nitrogen and oxygen atoms in total. The van der Waals surface area contributed by atoms with Gasteiger partial charge in [-0.15, -0.1) is 0 Å². The number of H-pyrrole nitrogens is 1. The van der Waals surface area contributed by atoms with Crippen LogP contribution in [-0.2, 0) is 16.6 Å². The van der Waals surface area contributed by atoms with Gasteiger partial charge in [0.05, 0.1) is 22.3 Å². The van der Waals surface area contributed by atoms with Crippen molar-refractivity contribution in [3.8, 4) is 0 Å². The van der Waals surface area contributed by atoms with Crippen molar-refractivity contribution in [2.45, 2.75) is 17.6 Å². The van der Waals surface area contributed by atoms with E-state index in [2.05, 4.69) is 30.2 Å². The average molecular weight is 475 g/mol. The van der Waals surface area contributed by atoms with Crippen molar-refractivity contribution in [2.24, 2.45) is 0 Å². The Morgan fingerprint density at radius 1 is 1.15 bits per heavy atom. The number of aromatic amines is 1. The third-order valence-electron chi connectivity index (χ3n) is 5.07. The van der Waals surface area contributed by atoms with E-state index in [1.807, 2.05) is 0 Å². The highest BCUT2D eigenvalue weighted by molar-refractivity contribution is 7.89. The van der Waals surface area contributed by atoms with Crippen LogP contribution in [0.25, 0.3) is 10.9 Å². The molecular weight excluding hydrogens is 459 g/mol. The zero-order chi connectivity index (χ0) is 23.2. The summed E-state index contributed by atoms with van der Waals surface area (Å²) in [6.45, 7) is -1.08. The molecule has 2 aromatic heterocycles. The Morgan fingerprint density at radius 2 is 2.00 bits per heavy atom. The Balaban J connectivity index is 1.52. The number of benzene rings is 2. The summed E-state index contributed by atoms with van der Waals surface area (Å²) >= 11 is 0. The van der Waals surface area contributed by atoms with Crippen molar-refractivity contribution < 1.29 is 21.6 Å². The third-order valence-corrected chi connectivity index (χ3v) is 6.56. The highest BCUT2D eigenvalue weighted by atomic mass is 32.2. The van der Waals surface area contributed by atoms with Crippen LogP contribution in [0.5, 0.6) is 0 Å². The van der Waals surface area contributed by atoms with Gasteiger partial charge in [0.1, 0.15) is 12.4 Å². The summed E-state index contributed by atoms with van der Waals surface area (Å²) in [5.74, 6) is 0.0244. The van der Waals surface area contributed by atoms with E-state index in [0.717, 1.165) is 4.90 Å². The van der Waals surface area contributed by atoms with Crippen LogP contribution in [0.1, 0.15) is 5.56 Å². The first-order valence-corrected chi connectivity index (χ1v) is 11.2. The van der Waals surface area contributed by atoms with Gasteiger partial charge < -0.3 is 10.2 Å². The van der Waals surface area contributed by atoms with Crippen molar-refractivity contribution in [1.82, 2.24) is 24.9 Å². The lowest BCUT2D eigenvalue weighted by atomic mass is 10.2. The second kappa shape index (κ2) is 7.71. The molecule has 0 amide bonds. The first-order valence-electron chi connectivity index (χ1n) is 9.69. The fourth-order valence-electron chi connectivity index (χ4n) is 3.62. The van der Waals surface area contributed by atoms with E-state index in [1.165, 1.54) is 24.5 Å². The fourth-order valence-corrected chi connectivity index (χ4v) is 4.89. The summed E-state index contributed by atoms with van der Waals surface area (Å²) in [6, 6.07) is 11.0. The Hall–Kier alpha value is -3.71. The molecule has 2 aromatic carbocycles. The average Bonchev–Trinajstić information content (AvgIpc) is 3.36. The molecule has 0 atom stereocenters. The molecule has 1 aliphatic rings. The zero-order valence-corrected chi connectivity index (χ0v) is 17.6. The molecule has 0 saturated carbocycles. The van der Waals surface area contributed by atoms with E-state index in [0.29, 0.717) is 22.2 Å². The van der Waals surface area contributed by atoms with Crippen molar-refractivity contribution in [2.75, 3.05) is 16.8 Å². The normalized spacial score (nSPS) is 14.9. The number of hydrogen-bond acceptors (Lipinski definition) is 7. The molecule has 0 fully saturated rings. The maximum Gasteiger partial charge on any atom is 0.406 e. The second-order valence-corrected chi connectivity index (χ2v) is 9.06. The van der Waals surface area contributed by atoms with Crippen molar-refractivity contribution in [1.29, 1.82) is 0 Å². The first kappa shape index (κ1) is 21.2. The Bertz CT molecular complexity index is 1450. The number of alkyl halides is 3. The molecule has 0 radical (unpaired) electrons. The van der Waals surface area contributed by atoms with Gasteiger partial charge in [0.2, 0.25) is 16.0 Å².